The molecule has 5 heteroatoms. The third-order valence-electron chi connectivity index (χ3n) is 4.14. The van der Waals surface area contributed by atoms with Crippen molar-refractivity contribution in [3.05, 3.63) is 36.0 Å². The lowest BCUT2D eigenvalue weighted by molar-refractivity contribution is 0.0727. The van der Waals surface area contributed by atoms with Gasteiger partial charge in [-0.15, -0.1) is 0 Å². The number of carbonyl (C=O) groups is 1. The first-order chi connectivity index (χ1) is 11.4. The summed E-state index contributed by atoms with van der Waals surface area (Å²) in [4.78, 5) is 12.9. The number of hydrogen-bond donors (Lipinski definition) is 2. The van der Waals surface area contributed by atoms with Crippen molar-refractivity contribution in [2.24, 2.45) is 5.92 Å². The molecule has 0 saturated heterocycles. The van der Waals surface area contributed by atoms with Crippen molar-refractivity contribution in [2.45, 2.75) is 39.3 Å². The first-order valence-electron chi connectivity index (χ1n) is 8.40. The molecule has 1 unspecified atom stereocenters. The van der Waals surface area contributed by atoms with Crippen molar-refractivity contribution >= 4 is 16.8 Å². The molecule has 2 aromatic rings. The van der Waals surface area contributed by atoms with Crippen LogP contribution >= 0.6 is 0 Å². The zero-order chi connectivity index (χ0) is 17.7. The summed E-state index contributed by atoms with van der Waals surface area (Å²) in [5, 5.41) is 13.3. The molecule has 0 spiro atoms. The van der Waals surface area contributed by atoms with Gasteiger partial charge in [-0.1, -0.05) is 32.0 Å². The average molecular weight is 332 g/mol. The van der Waals surface area contributed by atoms with Gasteiger partial charge in [0.2, 0.25) is 0 Å². The maximum atomic E-state index is 12.9. The number of aromatic nitrogens is 1. The van der Waals surface area contributed by atoms with Gasteiger partial charge >= 0.3 is 0 Å². The zero-order valence-electron chi connectivity index (χ0n) is 15.0. The van der Waals surface area contributed by atoms with Gasteiger partial charge in [-0.2, -0.15) is 0 Å². The molecule has 0 bridgehead atoms. The zero-order valence-corrected chi connectivity index (χ0v) is 15.0. The van der Waals surface area contributed by atoms with Gasteiger partial charge in [0, 0.05) is 37.4 Å². The van der Waals surface area contributed by atoms with Crippen LogP contribution in [-0.4, -0.2) is 41.4 Å². The van der Waals surface area contributed by atoms with Gasteiger partial charge in [0.1, 0.15) is 0 Å². The van der Waals surface area contributed by atoms with Gasteiger partial charge < -0.3 is 19.7 Å². The Labute approximate surface area is 143 Å². The van der Waals surface area contributed by atoms with Gasteiger partial charge in [-0.3, -0.25) is 4.79 Å². The summed E-state index contributed by atoms with van der Waals surface area (Å²) in [6, 6.07) is 7.94. The fraction of sp³-hybridized carbons (Fsp3) is 0.526. The van der Waals surface area contributed by atoms with Crippen molar-refractivity contribution in [3.63, 3.8) is 0 Å². The Hall–Kier alpha value is -1.85. The molecule has 1 atom stereocenters. The molecule has 1 aromatic carbocycles. The molecule has 1 amide bonds. The minimum atomic E-state index is -0.595. The molecule has 0 saturated carbocycles. The minimum absolute atomic E-state index is 0.00471. The molecule has 2 N–H and O–H groups in total. The van der Waals surface area contributed by atoms with Crippen LogP contribution in [0.5, 0.6) is 0 Å². The number of ether oxygens (including phenoxy) is 1. The third-order valence-corrected chi connectivity index (χ3v) is 4.14. The smallest absolute Gasteiger partial charge is 0.253 e. The van der Waals surface area contributed by atoms with Crippen molar-refractivity contribution < 1.29 is 14.6 Å². The summed E-state index contributed by atoms with van der Waals surface area (Å²) in [6.45, 7) is 7.41. The number of aliphatic hydroxyl groups excluding tert-OH is 1. The fourth-order valence-corrected chi connectivity index (χ4v) is 3.05. The van der Waals surface area contributed by atoms with E-state index in [4.69, 9.17) is 4.74 Å². The molecule has 0 radical (unpaired) electrons. The van der Waals surface area contributed by atoms with Crippen LogP contribution in [-0.2, 0) is 11.3 Å². The maximum Gasteiger partial charge on any atom is 0.253 e. The van der Waals surface area contributed by atoms with Crippen LogP contribution in [0.15, 0.2) is 30.5 Å². The van der Waals surface area contributed by atoms with Crippen molar-refractivity contribution in [2.75, 3.05) is 20.3 Å². The number of nitrogens with zero attached hydrogens (tertiary/aromatic N) is 1. The van der Waals surface area contributed by atoms with Crippen molar-refractivity contribution in [3.8, 4) is 0 Å². The normalized spacial score (nSPS) is 14.1. The summed E-state index contributed by atoms with van der Waals surface area (Å²) in [5.74, 6) is 0.353. The third kappa shape index (κ3) is 4.16. The SMILES string of the molecule is COCC(C)(CCO)NC(=O)c1cn(CC(C)C)c2ccccc12. The molecule has 0 aliphatic rings. The van der Waals surface area contributed by atoms with Crippen molar-refractivity contribution in [1.82, 2.24) is 9.88 Å². The second-order valence-electron chi connectivity index (χ2n) is 7.03. The second kappa shape index (κ2) is 7.81. The highest BCUT2D eigenvalue weighted by atomic mass is 16.5. The fourth-order valence-electron chi connectivity index (χ4n) is 3.05. The minimum Gasteiger partial charge on any atom is -0.396 e. The van der Waals surface area contributed by atoms with E-state index in [1.807, 2.05) is 37.4 Å². The van der Waals surface area contributed by atoms with Gasteiger partial charge in [-0.05, 0) is 25.3 Å². The second-order valence-corrected chi connectivity index (χ2v) is 7.03. The Morgan fingerprint density at radius 3 is 2.71 bits per heavy atom. The van der Waals surface area contributed by atoms with Gasteiger partial charge in [0.05, 0.1) is 17.7 Å². The molecule has 24 heavy (non-hydrogen) atoms. The van der Waals surface area contributed by atoms with E-state index in [0.29, 0.717) is 24.5 Å². The van der Waals surface area contributed by atoms with E-state index in [1.165, 1.54) is 0 Å². The first-order valence-corrected chi connectivity index (χ1v) is 8.40. The number of amides is 1. The van der Waals surface area contributed by atoms with E-state index in [-0.39, 0.29) is 12.5 Å². The van der Waals surface area contributed by atoms with E-state index in [0.717, 1.165) is 17.4 Å². The summed E-state index contributed by atoms with van der Waals surface area (Å²) in [6.07, 6.45) is 2.36. The van der Waals surface area contributed by atoms with Crippen LogP contribution in [0.4, 0.5) is 0 Å². The maximum absolute atomic E-state index is 12.9. The lowest BCUT2D eigenvalue weighted by atomic mass is 9.98. The average Bonchev–Trinajstić information content (AvgIpc) is 2.86. The van der Waals surface area contributed by atoms with E-state index < -0.39 is 5.54 Å². The summed E-state index contributed by atoms with van der Waals surface area (Å²) in [5.41, 5.74) is 1.13. The first kappa shape index (κ1) is 18.5. The van der Waals surface area contributed by atoms with Gasteiger partial charge in [0.25, 0.3) is 5.91 Å². The monoisotopic (exact) mass is 332 g/mol. The summed E-state index contributed by atoms with van der Waals surface area (Å²) < 4.78 is 7.34. The van der Waals surface area contributed by atoms with Crippen molar-refractivity contribution in [1.29, 1.82) is 0 Å². The number of hydrogen-bond acceptors (Lipinski definition) is 3. The Bertz CT molecular complexity index is 685. The lowest BCUT2D eigenvalue weighted by Gasteiger charge is -2.29. The largest absolute Gasteiger partial charge is 0.396 e. The van der Waals surface area contributed by atoms with E-state index in [9.17, 15) is 9.90 Å². The number of methoxy groups -OCH3 is 1. The summed E-state index contributed by atoms with van der Waals surface area (Å²) in [7, 11) is 1.59. The standard InChI is InChI=1S/C19H28N2O3/c1-14(2)11-21-12-16(15-7-5-6-8-17(15)21)18(23)20-19(3,9-10-22)13-24-4/h5-8,12,14,22H,9-11,13H2,1-4H3,(H,20,23). The van der Waals surface area contributed by atoms with Crippen LogP contribution in [0, 0.1) is 5.92 Å². The molecule has 0 aliphatic heterocycles. The number of fused-ring (bicyclic) bond motifs is 1. The van der Waals surface area contributed by atoms with Crippen LogP contribution in [0.25, 0.3) is 10.9 Å². The van der Waals surface area contributed by atoms with E-state index in [2.05, 4.69) is 23.7 Å². The van der Waals surface area contributed by atoms with Crippen LogP contribution < -0.4 is 5.32 Å². The molecular weight excluding hydrogens is 304 g/mol. The molecule has 132 valence electrons. The molecule has 0 aliphatic carbocycles. The molecular formula is C19H28N2O3. The highest BCUT2D eigenvalue weighted by Crippen LogP contribution is 2.23. The Morgan fingerprint density at radius 1 is 1.38 bits per heavy atom. The van der Waals surface area contributed by atoms with E-state index >= 15 is 0 Å². The van der Waals surface area contributed by atoms with Gasteiger partial charge in [-0.25, -0.2) is 0 Å². The number of nitrogens with one attached hydrogen (secondary N) is 1. The molecule has 5 nitrogen and oxygen atoms in total. The highest BCUT2D eigenvalue weighted by Gasteiger charge is 2.27. The Kier molecular flexibility index (Phi) is 6.02. The predicted octanol–water partition coefficient (Wildman–Crippen LogP) is 2.81. The number of benzene rings is 1. The molecule has 2 rings (SSSR count). The number of para-hydroxylation sites is 1. The number of carbonyl (C=O) groups excluding carboxylic acids is 1. The van der Waals surface area contributed by atoms with Crippen LogP contribution in [0.2, 0.25) is 0 Å². The topological polar surface area (TPSA) is 63.5 Å². The van der Waals surface area contributed by atoms with Crippen LogP contribution in [0.1, 0.15) is 37.6 Å². The summed E-state index contributed by atoms with van der Waals surface area (Å²) >= 11 is 0. The molecule has 1 aromatic heterocycles. The molecule has 1 heterocycles. The Morgan fingerprint density at radius 2 is 2.08 bits per heavy atom. The quantitative estimate of drug-likeness (QED) is 0.781. The van der Waals surface area contributed by atoms with E-state index in [1.54, 1.807) is 7.11 Å². The molecule has 0 fully saturated rings. The highest BCUT2D eigenvalue weighted by molar-refractivity contribution is 6.07. The lowest BCUT2D eigenvalue weighted by Crippen LogP contribution is -2.50. The number of rotatable bonds is 8. The Balaban J connectivity index is 2.35. The number of aliphatic hydroxyl groups is 1. The van der Waals surface area contributed by atoms with Crippen LogP contribution in [0.3, 0.4) is 0 Å². The predicted molar refractivity (Wildman–Crippen MR) is 96.2 cm³/mol. The van der Waals surface area contributed by atoms with Gasteiger partial charge in [0.15, 0.2) is 0 Å².